The molecule has 1 fully saturated rings. The molecule has 1 atom stereocenters. The lowest BCUT2D eigenvalue weighted by Crippen LogP contribution is -2.41. The number of nitrogens with one attached hydrogen (secondary N) is 1. The van der Waals surface area contributed by atoms with E-state index in [1.165, 1.54) is 0 Å². The van der Waals surface area contributed by atoms with Gasteiger partial charge in [-0.25, -0.2) is 0 Å². The van der Waals surface area contributed by atoms with Gasteiger partial charge in [0.05, 0.1) is 17.4 Å². The number of carbonyl (C=O) groups excluding carboxylic acids is 1. The molecular formula is C14H21N3O. The number of nitrogens with zero attached hydrogens (tertiary/aromatic N) is 2. The van der Waals surface area contributed by atoms with Crippen molar-refractivity contribution in [1.29, 1.82) is 0 Å². The Morgan fingerprint density at radius 1 is 1.39 bits per heavy atom. The van der Waals surface area contributed by atoms with Crippen molar-refractivity contribution in [3.8, 4) is 0 Å². The van der Waals surface area contributed by atoms with Crippen LogP contribution >= 0.6 is 0 Å². The minimum Gasteiger partial charge on any atom is -0.309 e. The van der Waals surface area contributed by atoms with Crippen LogP contribution in [-0.4, -0.2) is 29.5 Å². The van der Waals surface area contributed by atoms with Crippen molar-refractivity contribution in [2.75, 3.05) is 11.4 Å². The second-order valence-electron chi connectivity index (χ2n) is 5.21. The van der Waals surface area contributed by atoms with Crippen LogP contribution in [0.15, 0.2) is 12.1 Å². The van der Waals surface area contributed by atoms with Gasteiger partial charge in [0, 0.05) is 18.3 Å². The van der Waals surface area contributed by atoms with Crippen LogP contribution in [0.2, 0.25) is 0 Å². The zero-order valence-electron chi connectivity index (χ0n) is 11.5. The molecule has 0 bridgehead atoms. The highest BCUT2D eigenvalue weighted by Gasteiger charge is 2.33. The molecule has 4 nitrogen and oxygen atoms in total. The number of aromatic nitrogens is 1. The Bertz CT molecular complexity index is 456. The molecule has 98 valence electrons. The average molecular weight is 247 g/mol. The monoisotopic (exact) mass is 247 g/mol. The van der Waals surface area contributed by atoms with Gasteiger partial charge in [-0.1, -0.05) is 13.8 Å². The summed E-state index contributed by atoms with van der Waals surface area (Å²) in [6.07, 6.45) is 0.865. The lowest BCUT2D eigenvalue weighted by molar-refractivity contribution is -0.118. The summed E-state index contributed by atoms with van der Waals surface area (Å²) in [5, 5.41) is 3.31. The number of carbonyl (C=O) groups is 1. The van der Waals surface area contributed by atoms with Crippen LogP contribution in [0, 0.1) is 13.8 Å². The van der Waals surface area contributed by atoms with E-state index in [2.05, 4.69) is 24.1 Å². The average Bonchev–Trinajstić information content (AvgIpc) is 2.60. The van der Waals surface area contributed by atoms with Crippen molar-refractivity contribution in [1.82, 2.24) is 10.3 Å². The van der Waals surface area contributed by atoms with E-state index in [1.807, 2.05) is 30.9 Å². The second kappa shape index (κ2) is 5.06. The third-order valence-electron chi connectivity index (χ3n) is 3.23. The highest BCUT2D eigenvalue weighted by Crippen LogP contribution is 2.24. The van der Waals surface area contributed by atoms with Crippen LogP contribution in [0.5, 0.6) is 0 Å². The molecule has 1 N–H and O–H groups in total. The van der Waals surface area contributed by atoms with Gasteiger partial charge in [0.25, 0.3) is 0 Å². The van der Waals surface area contributed by atoms with Gasteiger partial charge in [-0.05, 0) is 32.4 Å². The standard InChI is InChI=1S/C14H21N3O/c1-9(2)15-12-7-8-17(14(12)18)13-6-5-10(3)16-11(13)4/h5-6,9,12,15H,7-8H2,1-4H3. The number of amides is 1. The molecule has 1 aliphatic heterocycles. The number of rotatable bonds is 3. The summed E-state index contributed by atoms with van der Waals surface area (Å²) >= 11 is 0. The SMILES string of the molecule is Cc1ccc(N2CCC(NC(C)C)C2=O)c(C)n1. The van der Waals surface area contributed by atoms with Crippen LogP contribution in [0.4, 0.5) is 5.69 Å². The Balaban J connectivity index is 2.18. The van der Waals surface area contributed by atoms with E-state index in [0.29, 0.717) is 6.04 Å². The van der Waals surface area contributed by atoms with Crippen LogP contribution in [0.3, 0.4) is 0 Å². The van der Waals surface area contributed by atoms with Gasteiger partial charge in [0.2, 0.25) is 5.91 Å². The third kappa shape index (κ3) is 2.53. The van der Waals surface area contributed by atoms with Gasteiger partial charge < -0.3 is 10.2 Å². The topological polar surface area (TPSA) is 45.2 Å². The Kier molecular flexibility index (Phi) is 3.66. The molecule has 18 heavy (non-hydrogen) atoms. The lowest BCUT2D eigenvalue weighted by atomic mass is 10.2. The van der Waals surface area contributed by atoms with Crippen molar-refractivity contribution in [3.05, 3.63) is 23.5 Å². The highest BCUT2D eigenvalue weighted by atomic mass is 16.2. The molecule has 0 aliphatic carbocycles. The lowest BCUT2D eigenvalue weighted by Gasteiger charge is -2.20. The van der Waals surface area contributed by atoms with Crippen molar-refractivity contribution < 1.29 is 4.79 Å². The first-order chi connectivity index (χ1) is 8.49. The van der Waals surface area contributed by atoms with E-state index >= 15 is 0 Å². The van der Waals surface area contributed by atoms with Crippen molar-refractivity contribution in [2.24, 2.45) is 0 Å². The zero-order chi connectivity index (χ0) is 13.3. The molecule has 1 aromatic rings. The Labute approximate surface area is 108 Å². The number of hydrogen-bond donors (Lipinski definition) is 1. The quantitative estimate of drug-likeness (QED) is 0.886. The molecular weight excluding hydrogens is 226 g/mol. The van der Waals surface area contributed by atoms with Crippen LogP contribution < -0.4 is 10.2 Å². The number of hydrogen-bond acceptors (Lipinski definition) is 3. The fraction of sp³-hybridized carbons (Fsp3) is 0.571. The summed E-state index contributed by atoms with van der Waals surface area (Å²) in [5.74, 6) is 0.164. The molecule has 0 spiro atoms. The Morgan fingerprint density at radius 2 is 2.11 bits per heavy atom. The number of pyridine rings is 1. The summed E-state index contributed by atoms with van der Waals surface area (Å²) in [6, 6.07) is 4.23. The van der Waals surface area contributed by atoms with Gasteiger partial charge in [-0.3, -0.25) is 9.78 Å². The van der Waals surface area contributed by atoms with Crippen molar-refractivity contribution in [3.63, 3.8) is 0 Å². The fourth-order valence-electron chi connectivity index (χ4n) is 2.44. The predicted molar refractivity (Wildman–Crippen MR) is 72.7 cm³/mol. The first-order valence-electron chi connectivity index (χ1n) is 6.50. The van der Waals surface area contributed by atoms with Crippen LogP contribution in [0.1, 0.15) is 31.7 Å². The normalized spacial score (nSPS) is 19.9. The molecule has 0 radical (unpaired) electrons. The summed E-state index contributed by atoms with van der Waals surface area (Å²) < 4.78 is 0. The number of aryl methyl sites for hydroxylation is 2. The van der Waals surface area contributed by atoms with Gasteiger partial charge in [-0.15, -0.1) is 0 Å². The second-order valence-corrected chi connectivity index (χ2v) is 5.21. The minimum atomic E-state index is -0.0503. The summed E-state index contributed by atoms with van der Waals surface area (Å²) in [5.41, 5.74) is 2.85. The fourth-order valence-corrected chi connectivity index (χ4v) is 2.44. The molecule has 1 aromatic heterocycles. The van der Waals surface area contributed by atoms with Crippen molar-refractivity contribution in [2.45, 2.75) is 46.2 Å². The molecule has 4 heteroatoms. The van der Waals surface area contributed by atoms with Crippen LogP contribution in [0.25, 0.3) is 0 Å². The Morgan fingerprint density at radius 3 is 2.72 bits per heavy atom. The summed E-state index contributed by atoms with van der Waals surface area (Å²) in [7, 11) is 0. The molecule has 1 unspecified atom stereocenters. The molecule has 1 saturated heterocycles. The zero-order valence-corrected chi connectivity index (χ0v) is 11.5. The van der Waals surface area contributed by atoms with E-state index in [0.717, 1.165) is 30.0 Å². The van der Waals surface area contributed by atoms with Crippen molar-refractivity contribution >= 4 is 11.6 Å². The highest BCUT2D eigenvalue weighted by molar-refractivity contribution is 5.99. The smallest absolute Gasteiger partial charge is 0.244 e. The van der Waals surface area contributed by atoms with E-state index in [-0.39, 0.29) is 11.9 Å². The molecule has 1 amide bonds. The molecule has 2 rings (SSSR count). The maximum Gasteiger partial charge on any atom is 0.244 e. The molecule has 0 aromatic carbocycles. The predicted octanol–water partition coefficient (Wildman–Crippen LogP) is 1.80. The first kappa shape index (κ1) is 13.0. The van der Waals surface area contributed by atoms with E-state index in [1.54, 1.807) is 0 Å². The molecule has 2 heterocycles. The van der Waals surface area contributed by atoms with Crippen LogP contribution in [-0.2, 0) is 4.79 Å². The van der Waals surface area contributed by atoms with Gasteiger partial charge in [-0.2, -0.15) is 0 Å². The third-order valence-corrected chi connectivity index (χ3v) is 3.23. The van der Waals surface area contributed by atoms with Gasteiger partial charge in [0.15, 0.2) is 0 Å². The van der Waals surface area contributed by atoms with Gasteiger partial charge >= 0.3 is 0 Å². The van der Waals surface area contributed by atoms with E-state index in [9.17, 15) is 4.79 Å². The molecule has 0 saturated carbocycles. The van der Waals surface area contributed by atoms with Gasteiger partial charge in [0.1, 0.15) is 0 Å². The minimum absolute atomic E-state index is 0.0503. The maximum absolute atomic E-state index is 12.3. The summed E-state index contributed by atoms with van der Waals surface area (Å²) in [6.45, 7) is 8.82. The van der Waals surface area contributed by atoms with E-state index in [4.69, 9.17) is 0 Å². The van der Waals surface area contributed by atoms with E-state index < -0.39 is 0 Å². The molecule has 1 aliphatic rings. The maximum atomic E-state index is 12.3. The summed E-state index contributed by atoms with van der Waals surface area (Å²) in [4.78, 5) is 18.6. The first-order valence-corrected chi connectivity index (χ1v) is 6.50. The number of anilines is 1. The largest absolute Gasteiger partial charge is 0.309 e. The Hall–Kier alpha value is -1.42.